The Morgan fingerprint density at radius 2 is 1.76 bits per heavy atom. The maximum atomic E-state index is 12.7. The molecule has 2 N–H and O–H groups in total. The summed E-state index contributed by atoms with van der Waals surface area (Å²) in [5.41, 5.74) is 0. The van der Waals surface area contributed by atoms with Crippen molar-refractivity contribution >= 4 is 5.91 Å². The van der Waals surface area contributed by atoms with Crippen LogP contribution in [-0.4, -0.2) is 55.2 Å². The van der Waals surface area contributed by atoms with Crippen LogP contribution in [0.4, 0.5) is 13.2 Å². The highest BCUT2D eigenvalue weighted by Crippen LogP contribution is 2.21. The standard InChI is InChI=1S/C14H24F3N3O/c15-14(16,17)10-20(12-5-7-18-8-6-12)9-13(21)19-11-3-1-2-4-11/h11-12,18H,1-10H2,(H,19,21). The molecule has 0 aromatic heterocycles. The van der Waals surface area contributed by atoms with Crippen molar-refractivity contribution in [1.82, 2.24) is 15.5 Å². The Balaban J connectivity index is 1.88. The van der Waals surface area contributed by atoms with Gasteiger partial charge in [-0.05, 0) is 38.8 Å². The first kappa shape index (κ1) is 16.5. The summed E-state index contributed by atoms with van der Waals surface area (Å²) in [4.78, 5) is 13.3. The normalized spacial score (nSPS) is 21.9. The smallest absolute Gasteiger partial charge is 0.352 e. The average molecular weight is 307 g/mol. The summed E-state index contributed by atoms with van der Waals surface area (Å²) in [6, 6.07) is -0.0135. The van der Waals surface area contributed by atoms with Gasteiger partial charge in [-0.3, -0.25) is 9.69 Å². The van der Waals surface area contributed by atoms with E-state index in [1.165, 1.54) is 4.90 Å². The van der Waals surface area contributed by atoms with Crippen LogP contribution in [0.25, 0.3) is 0 Å². The third kappa shape index (κ3) is 5.82. The van der Waals surface area contributed by atoms with Crippen LogP contribution in [0.2, 0.25) is 0 Å². The first-order valence-electron chi connectivity index (χ1n) is 7.75. The molecule has 0 radical (unpaired) electrons. The molecule has 1 aliphatic heterocycles. The topological polar surface area (TPSA) is 44.4 Å². The summed E-state index contributed by atoms with van der Waals surface area (Å²) in [6.07, 6.45) is 1.12. The zero-order valence-electron chi connectivity index (χ0n) is 12.2. The molecule has 2 aliphatic rings. The fraction of sp³-hybridized carbons (Fsp3) is 0.929. The third-order valence-electron chi connectivity index (χ3n) is 4.27. The number of rotatable bonds is 5. The molecule has 1 saturated heterocycles. The highest BCUT2D eigenvalue weighted by Gasteiger charge is 2.35. The van der Waals surface area contributed by atoms with Crippen molar-refractivity contribution in [3.05, 3.63) is 0 Å². The minimum absolute atomic E-state index is 0.151. The summed E-state index contributed by atoms with van der Waals surface area (Å²) in [5, 5.41) is 6.01. The van der Waals surface area contributed by atoms with Crippen LogP contribution in [0, 0.1) is 0 Å². The molecule has 1 heterocycles. The number of hydrogen-bond donors (Lipinski definition) is 2. The molecule has 21 heavy (non-hydrogen) atoms. The summed E-state index contributed by atoms with van der Waals surface area (Å²) in [6.45, 7) is 0.267. The quantitative estimate of drug-likeness (QED) is 0.812. The van der Waals surface area contributed by atoms with E-state index in [-0.39, 0.29) is 24.5 Å². The Hall–Kier alpha value is -0.820. The molecule has 1 amide bonds. The Morgan fingerprint density at radius 1 is 1.14 bits per heavy atom. The molecular formula is C14H24F3N3O. The van der Waals surface area contributed by atoms with Gasteiger partial charge in [0.1, 0.15) is 0 Å². The van der Waals surface area contributed by atoms with Crippen LogP contribution in [-0.2, 0) is 4.79 Å². The molecule has 0 atom stereocenters. The molecule has 1 saturated carbocycles. The van der Waals surface area contributed by atoms with Gasteiger partial charge in [0, 0.05) is 12.1 Å². The molecule has 0 unspecified atom stereocenters. The predicted molar refractivity (Wildman–Crippen MR) is 73.9 cm³/mol. The first-order chi connectivity index (χ1) is 9.94. The zero-order valence-corrected chi connectivity index (χ0v) is 12.2. The van der Waals surface area contributed by atoms with Gasteiger partial charge >= 0.3 is 6.18 Å². The summed E-state index contributed by atoms with van der Waals surface area (Å²) in [5.74, 6) is -0.273. The Labute approximate surface area is 123 Å². The number of halogens is 3. The van der Waals surface area contributed by atoms with E-state index in [0.29, 0.717) is 25.9 Å². The Morgan fingerprint density at radius 3 is 2.33 bits per heavy atom. The minimum Gasteiger partial charge on any atom is -0.352 e. The van der Waals surface area contributed by atoms with Crippen LogP contribution in [0.5, 0.6) is 0 Å². The van der Waals surface area contributed by atoms with Crippen molar-refractivity contribution in [1.29, 1.82) is 0 Å². The van der Waals surface area contributed by atoms with Gasteiger partial charge in [0.25, 0.3) is 0 Å². The first-order valence-corrected chi connectivity index (χ1v) is 7.75. The van der Waals surface area contributed by atoms with E-state index >= 15 is 0 Å². The monoisotopic (exact) mass is 307 g/mol. The van der Waals surface area contributed by atoms with Crippen molar-refractivity contribution < 1.29 is 18.0 Å². The molecular weight excluding hydrogens is 283 g/mol. The molecule has 0 aromatic carbocycles. The number of nitrogens with zero attached hydrogens (tertiary/aromatic N) is 1. The Bertz CT molecular complexity index is 337. The van der Waals surface area contributed by atoms with Gasteiger partial charge in [-0.25, -0.2) is 0 Å². The summed E-state index contributed by atoms with van der Waals surface area (Å²) < 4.78 is 38.2. The van der Waals surface area contributed by atoms with Crippen LogP contribution in [0.1, 0.15) is 38.5 Å². The SMILES string of the molecule is O=C(CN(CC(F)(F)F)C1CCNCC1)NC1CCCC1. The number of amides is 1. The maximum Gasteiger partial charge on any atom is 0.401 e. The lowest BCUT2D eigenvalue weighted by atomic mass is 10.0. The Kier molecular flexibility index (Phi) is 5.87. The number of carbonyl (C=O) groups is 1. The van der Waals surface area contributed by atoms with E-state index in [0.717, 1.165) is 25.7 Å². The van der Waals surface area contributed by atoms with Gasteiger partial charge in [-0.15, -0.1) is 0 Å². The van der Waals surface area contributed by atoms with Crippen LogP contribution in [0.15, 0.2) is 0 Å². The number of nitrogens with one attached hydrogen (secondary N) is 2. The van der Waals surface area contributed by atoms with Crippen LogP contribution in [0.3, 0.4) is 0 Å². The maximum absolute atomic E-state index is 12.7. The second-order valence-corrected chi connectivity index (χ2v) is 6.05. The van der Waals surface area contributed by atoms with E-state index in [2.05, 4.69) is 10.6 Å². The van der Waals surface area contributed by atoms with Gasteiger partial charge in [0.15, 0.2) is 0 Å². The molecule has 0 spiro atoms. The summed E-state index contributed by atoms with van der Waals surface area (Å²) in [7, 11) is 0. The number of alkyl halides is 3. The third-order valence-corrected chi connectivity index (χ3v) is 4.27. The molecule has 7 heteroatoms. The predicted octanol–water partition coefficient (Wildman–Crippen LogP) is 1.66. The summed E-state index contributed by atoms with van der Waals surface area (Å²) >= 11 is 0. The minimum atomic E-state index is -4.27. The van der Waals surface area contributed by atoms with E-state index in [1.807, 2.05) is 0 Å². The fourth-order valence-corrected chi connectivity index (χ4v) is 3.24. The molecule has 4 nitrogen and oxygen atoms in total. The van der Waals surface area contributed by atoms with E-state index in [9.17, 15) is 18.0 Å². The molecule has 1 aliphatic carbocycles. The molecule has 2 fully saturated rings. The van der Waals surface area contributed by atoms with Gasteiger partial charge in [-0.1, -0.05) is 12.8 Å². The van der Waals surface area contributed by atoms with E-state index < -0.39 is 12.7 Å². The zero-order chi connectivity index (χ0) is 15.3. The van der Waals surface area contributed by atoms with Gasteiger partial charge in [0.2, 0.25) is 5.91 Å². The number of hydrogen-bond acceptors (Lipinski definition) is 3. The highest BCUT2D eigenvalue weighted by atomic mass is 19.4. The van der Waals surface area contributed by atoms with Crippen molar-refractivity contribution in [3.8, 4) is 0 Å². The van der Waals surface area contributed by atoms with Crippen molar-refractivity contribution in [3.63, 3.8) is 0 Å². The highest BCUT2D eigenvalue weighted by molar-refractivity contribution is 5.78. The van der Waals surface area contributed by atoms with Gasteiger partial charge < -0.3 is 10.6 Å². The van der Waals surface area contributed by atoms with E-state index in [1.54, 1.807) is 0 Å². The van der Waals surface area contributed by atoms with Crippen LogP contribution < -0.4 is 10.6 Å². The molecule has 2 rings (SSSR count). The molecule has 0 bridgehead atoms. The molecule has 0 aromatic rings. The van der Waals surface area contributed by atoms with Crippen molar-refractivity contribution in [2.75, 3.05) is 26.2 Å². The lowest BCUT2D eigenvalue weighted by Crippen LogP contribution is -2.51. The number of piperidine rings is 1. The van der Waals surface area contributed by atoms with Gasteiger partial charge in [0.05, 0.1) is 13.1 Å². The second kappa shape index (κ2) is 7.45. The second-order valence-electron chi connectivity index (χ2n) is 6.05. The average Bonchev–Trinajstić information content (AvgIpc) is 2.90. The fourth-order valence-electron chi connectivity index (χ4n) is 3.24. The molecule has 122 valence electrons. The number of carbonyl (C=O) groups excluding carboxylic acids is 1. The van der Waals surface area contributed by atoms with Crippen molar-refractivity contribution in [2.24, 2.45) is 0 Å². The largest absolute Gasteiger partial charge is 0.401 e. The lowest BCUT2D eigenvalue weighted by Gasteiger charge is -2.34. The van der Waals surface area contributed by atoms with E-state index in [4.69, 9.17) is 0 Å². The lowest BCUT2D eigenvalue weighted by molar-refractivity contribution is -0.154. The van der Waals surface area contributed by atoms with Crippen molar-refractivity contribution in [2.45, 2.75) is 56.8 Å². The van der Waals surface area contributed by atoms with Gasteiger partial charge in [-0.2, -0.15) is 13.2 Å². The van der Waals surface area contributed by atoms with Crippen LogP contribution >= 0.6 is 0 Å².